The third-order valence-electron chi connectivity index (χ3n) is 3.30. The summed E-state index contributed by atoms with van der Waals surface area (Å²) in [6.45, 7) is 0.141. The minimum Gasteiger partial charge on any atom is -0.495 e. The Bertz CT molecular complexity index is 543. The molecule has 1 fully saturated rings. The standard InChI is InChI=1S/C13H15BrN2O4/c1-20-10-6-8(2-3-9(10)14)16-12(19)15-7-13(4-5-13)11(17)18/h2-3,6H,4-5,7H2,1H3,(H,17,18)(H2,15,16,19). The van der Waals surface area contributed by atoms with Crippen molar-refractivity contribution < 1.29 is 19.4 Å². The third-order valence-corrected chi connectivity index (χ3v) is 3.96. The summed E-state index contributed by atoms with van der Waals surface area (Å²) >= 11 is 3.32. The van der Waals surface area contributed by atoms with Gasteiger partial charge in [0.2, 0.25) is 0 Å². The molecule has 7 heteroatoms. The predicted molar refractivity (Wildman–Crippen MR) is 77.0 cm³/mol. The monoisotopic (exact) mass is 342 g/mol. The number of anilines is 1. The average Bonchev–Trinajstić information content (AvgIpc) is 3.20. The van der Waals surface area contributed by atoms with Crippen LogP contribution in [0.5, 0.6) is 5.75 Å². The number of hydrogen-bond donors (Lipinski definition) is 3. The van der Waals surface area contributed by atoms with Crippen LogP contribution in [0.25, 0.3) is 0 Å². The summed E-state index contributed by atoms with van der Waals surface area (Å²) in [5.41, 5.74) is -0.197. The summed E-state index contributed by atoms with van der Waals surface area (Å²) in [4.78, 5) is 22.7. The van der Waals surface area contributed by atoms with E-state index in [2.05, 4.69) is 26.6 Å². The summed E-state index contributed by atoms with van der Waals surface area (Å²) < 4.78 is 5.91. The van der Waals surface area contributed by atoms with Gasteiger partial charge in [0, 0.05) is 18.3 Å². The highest BCUT2D eigenvalue weighted by atomic mass is 79.9. The third kappa shape index (κ3) is 3.22. The molecule has 1 aliphatic carbocycles. The summed E-state index contributed by atoms with van der Waals surface area (Å²) in [6.07, 6.45) is 1.21. The molecular formula is C13H15BrN2O4. The van der Waals surface area contributed by atoms with Crippen molar-refractivity contribution in [1.82, 2.24) is 5.32 Å². The van der Waals surface area contributed by atoms with Gasteiger partial charge in [-0.3, -0.25) is 4.79 Å². The lowest BCUT2D eigenvalue weighted by molar-refractivity contribution is -0.143. The van der Waals surface area contributed by atoms with Crippen molar-refractivity contribution in [1.29, 1.82) is 0 Å². The first-order valence-corrected chi connectivity index (χ1v) is 6.88. The summed E-state index contributed by atoms with van der Waals surface area (Å²) in [5, 5.41) is 14.2. The molecule has 0 aromatic heterocycles. The number of carbonyl (C=O) groups is 2. The number of amides is 2. The fraction of sp³-hybridized carbons (Fsp3) is 0.385. The van der Waals surface area contributed by atoms with E-state index in [4.69, 9.17) is 9.84 Å². The molecule has 0 heterocycles. The minimum absolute atomic E-state index is 0.141. The number of nitrogens with one attached hydrogen (secondary N) is 2. The molecule has 0 bridgehead atoms. The SMILES string of the molecule is COc1cc(NC(=O)NCC2(C(=O)O)CC2)ccc1Br. The van der Waals surface area contributed by atoms with Crippen molar-refractivity contribution in [3.63, 3.8) is 0 Å². The molecule has 0 unspecified atom stereocenters. The zero-order chi connectivity index (χ0) is 14.8. The highest BCUT2D eigenvalue weighted by Crippen LogP contribution is 2.45. The van der Waals surface area contributed by atoms with Crippen molar-refractivity contribution in [2.45, 2.75) is 12.8 Å². The molecule has 2 rings (SSSR count). The van der Waals surface area contributed by atoms with Crippen LogP contribution in [0.15, 0.2) is 22.7 Å². The van der Waals surface area contributed by atoms with Gasteiger partial charge in [0.1, 0.15) is 5.75 Å². The Morgan fingerprint density at radius 1 is 1.45 bits per heavy atom. The van der Waals surface area contributed by atoms with Gasteiger partial charge in [0.05, 0.1) is 17.0 Å². The van der Waals surface area contributed by atoms with Crippen LogP contribution in [0.2, 0.25) is 0 Å². The molecule has 0 saturated heterocycles. The maximum atomic E-state index is 11.7. The molecule has 1 aromatic rings. The maximum absolute atomic E-state index is 11.7. The van der Waals surface area contributed by atoms with Crippen LogP contribution < -0.4 is 15.4 Å². The normalized spacial score (nSPS) is 15.3. The van der Waals surface area contributed by atoms with E-state index in [0.717, 1.165) is 4.47 Å². The Kier molecular flexibility index (Phi) is 4.17. The highest BCUT2D eigenvalue weighted by molar-refractivity contribution is 9.10. The van der Waals surface area contributed by atoms with Gasteiger partial charge in [0.25, 0.3) is 0 Å². The van der Waals surface area contributed by atoms with Crippen molar-refractivity contribution in [3.05, 3.63) is 22.7 Å². The maximum Gasteiger partial charge on any atom is 0.319 e. The first-order valence-electron chi connectivity index (χ1n) is 6.09. The van der Waals surface area contributed by atoms with E-state index in [9.17, 15) is 9.59 Å². The van der Waals surface area contributed by atoms with Gasteiger partial charge in [-0.15, -0.1) is 0 Å². The van der Waals surface area contributed by atoms with Gasteiger partial charge < -0.3 is 20.5 Å². The molecule has 1 aliphatic rings. The summed E-state index contributed by atoms with van der Waals surface area (Å²) in [5.74, 6) is -0.255. The van der Waals surface area contributed by atoms with Crippen molar-refractivity contribution in [3.8, 4) is 5.75 Å². The Balaban J connectivity index is 1.90. The predicted octanol–water partition coefficient (Wildman–Crippen LogP) is 2.44. The molecule has 20 heavy (non-hydrogen) atoms. The van der Waals surface area contributed by atoms with E-state index in [-0.39, 0.29) is 6.54 Å². The molecule has 1 saturated carbocycles. The van der Waals surface area contributed by atoms with Crippen molar-refractivity contribution >= 4 is 33.6 Å². The number of hydrogen-bond acceptors (Lipinski definition) is 3. The summed E-state index contributed by atoms with van der Waals surface area (Å²) in [6, 6.07) is 4.72. The quantitative estimate of drug-likeness (QED) is 0.766. The van der Waals surface area contributed by atoms with Crippen molar-refractivity contribution in [2.75, 3.05) is 19.0 Å². The Morgan fingerprint density at radius 3 is 2.70 bits per heavy atom. The first-order chi connectivity index (χ1) is 9.47. The number of methoxy groups -OCH3 is 1. The van der Waals surface area contributed by atoms with Crippen LogP contribution in [0.1, 0.15) is 12.8 Å². The number of benzene rings is 1. The van der Waals surface area contributed by atoms with Crippen LogP contribution in [-0.2, 0) is 4.79 Å². The zero-order valence-corrected chi connectivity index (χ0v) is 12.5. The number of carbonyl (C=O) groups excluding carboxylic acids is 1. The van der Waals surface area contributed by atoms with E-state index in [1.54, 1.807) is 18.2 Å². The molecule has 0 aliphatic heterocycles. The van der Waals surface area contributed by atoms with Crippen LogP contribution in [0.4, 0.5) is 10.5 Å². The Morgan fingerprint density at radius 2 is 2.15 bits per heavy atom. The minimum atomic E-state index is -0.858. The van der Waals surface area contributed by atoms with E-state index in [1.165, 1.54) is 7.11 Å². The number of carboxylic acid groups (broad SMARTS) is 1. The van der Waals surface area contributed by atoms with Gasteiger partial charge in [-0.1, -0.05) is 0 Å². The van der Waals surface area contributed by atoms with E-state index in [0.29, 0.717) is 24.3 Å². The molecular weight excluding hydrogens is 328 g/mol. The lowest BCUT2D eigenvalue weighted by atomic mass is 10.1. The van der Waals surface area contributed by atoms with E-state index < -0.39 is 17.4 Å². The Hall–Kier alpha value is -1.76. The molecule has 6 nitrogen and oxygen atoms in total. The van der Waals surface area contributed by atoms with Gasteiger partial charge in [-0.05, 0) is 40.9 Å². The molecule has 3 N–H and O–H groups in total. The topological polar surface area (TPSA) is 87.7 Å². The lowest BCUT2D eigenvalue weighted by Crippen LogP contribution is -2.36. The number of halogens is 1. The molecule has 1 aromatic carbocycles. The number of rotatable bonds is 5. The van der Waals surface area contributed by atoms with Crippen LogP contribution >= 0.6 is 15.9 Å². The van der Waals surface area contributed by atoms with Gasteiger partial charge in [-0.2, -0.15) is 0 Å². The van der Waals surface area contributed by atoms with Crippen molar-refractivity contribution in [2.24, 2.45) is 5.41 Å². The second kappa shape index (κ2) is 5.70. The van der Waals surface area contributed by atoms with Crippen LogP contribution in [0.3, 0.4) is 0 Å². The second-order valence-electron chi connectivity index (χ2n) is 4.74. The second-order valence-corrected chi connectivity index (χ2v) is 5.60. The molecule has 108 valence electrons. The van der Waals surface area contributed by atoms with Gasteiger partial charge >= 0.3 is 12.0 Å². The van der Waals surface area contributed by atoms with Gasteiger partial charge in [-0.25, -0.2) is 4.79 Å². The highest BCUT2D eigenvalue weighted by Gasteiger charge is 2.50. The number of carboxylic acids is 1. The fourth-order valence-corrected chi connectivity index (χ4v) is 2.19. The van der Waals surface area contributed by atoms with E-state index >= 15 is 0 Å². The van der Waals surface area contributed by atoms with Crippen LogP contribution in [0, 0.1) is 5.41 Å². The summed E-state index contributed by atoms with van der Waals surface area (Å²) in [7, 11) is 1.54. The van der Waals surface area contributed by atoms with Gasteiger partial charge in [0.15, 0.2) is 0 Å². The molecule has 0 atom stereocenters. The fourth-order valence-electron chi connectivity index (χ4n) is 1.78. The number of aliphatic carboxylic acids is 1. The molecule has 0 radical (unpaired) electrons. The molecule has 0 spiro atoms. The number of ether oxygens (including phenoxy) is 1. The molecule has 2 amide bonds. The zero-order valence-electron chi connectivity index (χ0n) is 10.9. The van der Waals surface area contributed by atoms with Crippen LogP contribution in [-0.4, -0.2) is 30.8 Å². The average molecular weight is 343 g/mol. The first kappa shape index (κ1) is 14.6. The largest absolute Gasteiger partial charge is 0.495 e. The number of urea groups is 1. The Labute approximate surface area is 124 Å². The lowest BCUT2D eigenvalue weighted by Gasteiger charge is -2.12. The van der Waals surface area contributed by atoms with E-state index in [1.807, 2.05) is 0 Å². The smallest absolute Gasteiger partial charge is 0.319 e.